The molecule has 0 amide bonds. The number of aliphatic carboxylic acids is 1. The number of carboxylic acid groups (broad SMARTS) is 1. The second-order valence-electron chi connectivity index (χ2n) is 2.88. The Kier molecular flexibility index (Phi) is 2.07. The van der Waals surface area contributed by atoms with Crippen molar-refractivity contribution in [3.63, 3.8) is 0 Å². The van der Waals surface area contributed by atoms with Crippen molar-refractivity contribution in [2.75, 3.05) is 0 Å². The van der Waals surface area contributed by atoms with Crippen molar-refractivity contribution in [3.05, 3.63) is 23.7 Å². The summed E-state index contributed by atoms with van der Waals surface area (Å²) in [7, 11) is 0. The van der Waals surface area contributed by atoms with Crippen LogP contribution in [0.2, 0.25) is 0 Å². The average Bonchev–Trinajstić information content (AvgIpc) is 2.33. The molecule has 5 heteroatoms. The Morgan fingerprint density at radius 2 is 2.20 bits per heavy atom. The first-order chi connectivity index (χ1) is 8.59. The Hall–Kier alpha value is -1.75. The lowest BCUT2D eigenvalue weighted by molar-refractivity contribution is -0.138. The fourth-order valence-electron chi connectivity index (χ4n) is 0.919. The molecule has 0 aliphatic rings. The van der Waals surface area contributed by atoms with Gasteiger partial charge in [-0.3, -0.25) is 4.79 Å². The zero-order chi connectivity index (χ0) is 15.0. The zero-order valence-electron chi connectivity index (χ0n) is 11.7. The van der Waals surface area contributed by atoms with Crippen LogP contribution in [0.1, 0.15) is 17.5 Å². The Balaban J connectivity index is 3.13. The van der Waals surface area contributed by atoms with Crippen molar-refractivity contribution in [2.45, 2.75) is 18.9 Å². The van der Waals surface area contributed by atoms with E-state index in [-0.39, 0.29) is 12.0 Å². The van der Waals surface area contributed by atoms with Gasteiger partial charge in [0.2, 0.25) is 0 Å². The average molecular weight is 215 g/mol. The third kappa shape index (κ3) is 3.14. The lowest BCUT2D eigenvalue weighted by Crippen LogP contribution is -2.30. The van der Waals surface area contributed by atoms with Gasteiger partial charge in [-0.2, -0.15) is 0 Å². The van der Waals surface area contributed by atoms with Crippen LogP contribution in [0.5, 0.6) is 11.5 Å². The van der Waals surface area contributed by atoms with Gasteiger partial charge in [0.15, 0.2) is 11.5 Å². The van der Waals surface area contributed by atoms with Crippen LogP contribution in [0.4, 0.5) is 0 Å². The van der Waals surface area contributed by atoms with Gasteiger partial charge in [-0.25, -0.2) is 0 Å². The fourth-order valence-corrected chi connectivity index (χ4v) is 0.919. The highest BCUT2D eigenvalue weighted by molar-refractivity contribution is 5.73. The van der Waals surface area contributed by atoms with E-state index in [0.29, 0.717) is 0 Å². The number of carboxylic acids is 1. The van der Waals surface area contributed by atoms with Crippen LogP contribution >= 0.6 is 0 Å². The first-order valence-electron chi connectivity index (χ1n) is 6.12. The van der Waals surface area contributed by atoms with E-state index in [0.717, 1.165) is 0 Å². The van der Waals surface area contributed by atoms with E-state index in [1.165, 1.54) is 0 Å². The van der Waals surface area contributed by atoms with Crippen molar-refractivity contribution >= 4 is 5.97 Å². The van der Waals surface area contributed by atoms with Gasteiger partial charge in [0.25, 0.3) is 0 Å². The predicted octanol–water partition coefficient (Wildman–Crippen LogP) is 0.442. The summed E-state index contributed by atoms with van der Waals surface area (Å²) in [5, 5.41) is 27.3. The summed E-state index contributed by atoms with van der Waals surface area (Å²) in [5.74, 6) is -3.28. The molecule has 0 aromatic heterocycles. The molecule has 0 bridgehead atoms. The molecule has 5 N–H and O–H groups in total. The van der Waals surface area contributed by atoms with E-state index >= 15 is 0 Å². The molecular weight excluding hydrogens is 198 g/mol. The molecule has 0 radical (unpaired) electrons. The highest BCUT2D eigenvalue weighted by atomic mass is 16.4. The van der Waals surface area contributed by atoms with Gasteiger partial charge in [0.1, 0.15) is 6.02 Å². The fraction of sp³-hybridized carbons (Fsp3) is 0.300. The van der Waals surface area contributed by atoms with Gasteiger partial charge in [0, 0.05) is 0 Å². The topological polar surface area (TPSA) is 104 Å². The summed E-state index contributed by atoms with van der Waals surface area (Å²) in [6.45, 7) is 0. The Labute approximate surface area is 92.4 Å². The van der Waals surface area contributed by atoms with Crippen LogP contribution in [0.25, 0.3) is 0 Å². The second kappa shape index (κ2) is 4.65. The first-order valence-corrected chi connectivity index (χ1v) is 4.12. The van der Waals surface area contributed by atoms with Crippen LogP contribution in [0.15, 0.2) is 18.1 Å². The Morgan fingerprint density at radius 3 is 2.80 bits per heavy atom. The van der Waals surface area contributed by atoms with E-state index in [4.69, 9.17) is 16.3 Å². The summed E-state index contributed by atoms with van der Waals surface area (Å²) < 4.78 is 29.8. The number of rotatable bonds is 4. The molecule has 0 saturated carbocycles. The summed E-state index contributed by atoms with van der Waals surface area (Å²) in [4.78, 5) is 10.7. The molecule has 0 fully saturated rings. The maximum Gasteiger partial charge on any atom is 0.320 e. The predicted molar refractivity (Wildman–Crippen MR) is 53.7 cm³/mol. The standard InChI is InChI=1S/C10H13NO4/c11-7(10(14)15)3-1-6-2-4-8(12)9(13)5-6/h2,4-5,7,12-13H,1,3,11H2,(H,14,15)/i2D,4D,5D,7D. The summed E-state index contributed by atoms with van der Waals surface area (Å²) in [6.07, 6.45) is -0.645. The molecule has 15 heavy (non-hydrogen) atoms. The van der Waals surface area contributed by atoms with Gasteiger partial charge < -0.3 is 21.1 Å². The molecule has 0 spiro atoms. The summed E-state index contributed by atoms with van der Waals surface area (Å²) in [6, 6.07) is -4.01. The quantitative estimate of drug-likeness (QED) is 0.546. The molecule has 5 nitrogen and oxygen atoms in total. The van der Waals surface area contributed by atoms with E-state index in [1.807, 2.05) is 0 Å². The highest BCUT2D eigenvalue weighted by Gasteiger charge is 2.11. The molecule has 1 rings (SSSR count). The molecule has 0 aliphatic heterocycles. The van der Waals surface area contributed by atoms with Crippen molar-refractivity contribution in [3.8, 4) is 11.5 Å². The smallest absolute Gasteiger partial charge is 0.320 e. The second-order valence-corrected chi connectivity index (χ2v) is 2.88. The number of phenolic OH excluding ortho intramolecular Hbond substituents is 2. The monoisotopic (exact) mass is 215 g/mol. The molecule has 1 atom stereocenters. The van der Waals surface area contributed by atoms with Crippen LogP contribution in [-0.2, 0) is 11.2 Å². The van der Waals surface area contributed by atoms with Gasteiger partial charge >= 0.3 is 5.97 Å². The zero-order valence-corrected chi connectivity index (χ0v) is 7.74. The van der Waals surface area contributed by atoms with Crippen molar-refractivity contribution in [1.29, 1.82) is 0 Å². The van der Waals surface area contributed by atoms with Crippen LogP contribution in [0.3, 0.4) is 0 Å². The summed E-state index contributed by atoms with van der Waals surface area (Å²) >= 11 is 0. The van der Waals surface area contributed by atoms with E-state index in [2.05, 4.69) is 0 Å². The van der Waals surface area contributed by atoms with Gasteiger partial charge in [-0.05, 0) is 30.5 Å². The SMILES string of the molecule is [2H]c1c([2H])c(CCC([2H])(N)C(=O)O)c([2H])c(O)c1O. The van der Waals surface area contributed by atoms with Crippen LogP contribution in [-0.4, -0.2) is 27.3 Å². The minimum absolute atomic E-state index is 0.136. The van der Waals surface area contributed by atoms with E-state index in [9.17, 15) is 15.0 Å². The Bertz CT molecular complexity index is 504. The number of hydrogen-bond donors (Lipinski definition) is 4. The van der Waals surface area contributed by atoms with Gasteiger partial charge in [-0.15, -0.1) is 0 Å². The normalized spacial score (nSPS) is 18.2. The number of nitrogens with two attached hydrogens (primary N) is 1. The van der Waals surface area contributed by atoms with E-state index in [1.54, 1.807) is 0 Å². The minimum Gasteiger partial charge on any atom is -0.504 e. The molecule has 82 valence electrons. The lowest BCUT2D eigenvalue weighted by Gasteiger charge is -2.06. The number of phenols is 2. The maximum atomic E-state index is 10.7. The minimum atomic E-state index is -2.28. The van der Waals surface area contributed by atoms with Crippen molar-refractivity contribution in [2.24, 2.45) is 5.73 Å². The molecule has 0 aliphatic carbocycles. The van der Waals surface area contributed by atoms with Crippen LogP contribution < -0.4 is 5.73 Å². The van der Waals surface area contributed by atoms with Gasteiger partial charge in [-0.1, -0.05) is 6.04 Å². The number of aromatic hydroxyl groups is 2. The molecule has 0 saturated heterocycles. The molecular formula is C10H13NO4. The van der Waals surface area contributed by atoms with Gasteiger partial charge in [0.05, 0.1) is 5.48 Å². The number of carbonyl (C=O) groups is 1. The van der Waals surface area contributed by atoms with E-state index < -0.39 is 48.0 Å². The maximum absolute atomic E-state index is 10.7. The molecule has 1 aromatic carbocycles. The first kappa shape index (κ1) is 6.68. The van der Waals surface area contributed by atoms with Crippen molar-refractivity contribution in [1.82, 2.24) is 0 Å². The molecule has 0 heterocycles. The Morgan fingerprint density at radius 1 is 1.53 bits per heavy atom. The number of hydrogen-bond acceptors (Lipinski definition) is 4. The lowest BCUT2D eigenvalue weighted by atomic mass is 10.1. The molecule has 1 unspecified atom stereocenters. The third-order valence-corrected chi connectivity index (χ3v) is 1.74. The third-order valence-electron chi connectivity index (χ3n) is 1.74. The largest absolute Gasteiger partial charge is 0.504 e. The highest BCUT2D eigenvalue weighted by Crippen LogP contribution is 2.25. The molecule has 1 aromatic rings. The van der Waals surface area contributed by atoms with Crippen molar-refractivity contribution < 1.29 is 25.6 Å². The number of benzene rings is 1. The van der Waals surface area contributed by atoms with Crippen LogP contribution in [0, 0.1) is 0 Å². The summed E-state index contributed by atoms with van der Waals surface area (Å²) in [5.41, 5.74) is 5.06.